The van der Waals surface area contributed by atoms with Gasteiger partial charge in [-0.2, -0.15) is 5.10 Å². The number of hydrazone groups is 1. The second kappa shape index (κ2) is 4.93. The summed E-state index contributed by atoms with van der Waals surface area (Å²) in [4.78, 5) is 3.97. The van der Waals surface area contributed by atoms with Gasteiger partial charge >= 0.3 is 0 Å². The molecule has 0 saturated heterocycles. The molecule has 2 aromatic rings. The molecule has 1 aromatic carbocycles. The van der Waals surface area contributed by atoms with Gasteiger partial charge in [0.1, 0.15) is 5.75 Å². The Labute approximate surface area is 93.3 Å². The topological polar surface area (TPSA) is 57.5 Å². The smallest absolute Gasteiger partial charge is 0.115 e. The van der Waals surface area contributed by atoms with Crippen LogP contribution in [0.2, 0.25) is 0 Å². The number of anilines is 1. The van der Waals surface area contributed by atoms with E-state index >= 15 is 0 Å². The molecule has 0 atom stereocenters. The Kier molecular flexibility index (Phi) is 3.13. The van der Waals surface area contributed by atoms with Gasteiger partial charge in [-0.3, -0.25) is 10.4 Å². The van der Waals surface area contributed by atoms with Crippen LogP contribution in [0.15, 0.2) is 53.9 Å². The van der Waals surface area contributed by atoms with E-state index in [1.165, 1.54) is 0 Å². The van der Waals surface area contributed by atoms with E-state index in [0.29, 0.717) is 0 Å². The molecule has 0 saturated carbocycles. The summed E-state index contributed by atoms with van der Waals surface area (Å²) in [6.45, 7) is 0. The van der Waals surface area contributed by atoms with Crippen LogP contribution in [-0.4, -0.2) is 16.3 Å². The maximum absolute atomic E-state index is 9.09. The van der Waals surface area contributed by atoms with Gasteiger partial charge in [-0.15, -0.1) is 0 Å². The summed E-state index contributed by atoms with van der Waals surface area (Å²) >= 11 is 0. The normalized spacial score (nSPS) is 10.5. The Morgan fingerprint density at radius 2 is 2.00 bits per heavy atom. The molecule has 0 aliphatic heterocycles. The molecule has 1 heterocycles. The molecule has 0 bridgehead atoms. The van der Waals surface area contributed by atoms with Gasteiger partial charge in [0.15, 0.2) is 0 Å². The summed E-state index contributed by atoms with van der Waals surface area (Å²) in [5.41, 5.74) is 4.59. The highest BCUT2D eigenvalue weighted by atomic mass is 16.3. The first-order valence-electron chi connectivity index (χ1n) is 4.83. The number of benzene rings is 1. The van der Waals surface area contributed by atoms with Gasteiger partial charge in [-0.25, -0.2) is 0 Å². The number of hydrogen-bond donors (Lipinski definition) is 2. The summed E-state index contributed by atoms with van der Waals surface area (Å²) in [6.07, 6.45) is 5.12. The van der Waals surface area contributed by atoms with E-state index < -0.39 is 0 Å². The van der Waals surface area contributed by atoms with Crippen molar-refractivity contribution >= 4 is 11.9 Å². The van der Waals surface area contributed by atoms with Crippen molar-refractivity contribution in [1.82, 2.24) is 4.98 Å². The Morgan fingerprint density at radius 1 is 1.19 bits per heavy atom. The molecule has 0 aliphatic carbocycles. The molecule has 2 rings (SSSR count). The molecule has 16 heavy (non-hydrogen) atoms. The van der Waals surface area contributed by atoms with Gasteiger partial charge in [0.05, 0.1) is 11.9 Å². The predicted octanol–water partition coefficient (Wildman–Crippen LogP) is 2.23. The molecule has 0 radical (unpaired) electrons. The molecule has 2 N–H and O–H groups in total. The van der Waals surface area contributed by atoms with Gasteiger partial charge in [0.25, 0.3) is 0 Å². The van der Waals surface area contributed by atoms with Crippen molar-refractivity contribution < 1.29 is 5.11 Å². The highest BCUT2D eigenvalue weighted by molar-refractivity contribution is 5.79. The van der Waals surface area contributed by atoms with Gasteiger partial charge in [0, 0.05) is 18.0 Å². The fraction of sp³-hybridized carbons (Fsp3) is 0. The van der Waals surface area contributed by atoms with Crippen molar-refractivity contribution in [3.63, 3.8) is 0 Å². The fourth-order valence-electron chi connectivity index (χ4n) is 1.17. The van der Waals surface area contributed by atoms with E-state index in [-0.39, 0.29) is 5.75 Å². The lowest BCUT2D eigenvalue weighted by molar-refractivity contribution is 0.475. The summed E-state index contributed by atoms with van der Waals surface area (Å²) in [5, 5.41) is 13.1. The number of phenolic OH excluding ortho intramolecular Hbond substituents is 1. The molecular weight excluding hydrogens is 202 g/mol. The fourth-order valence-corrected chi connectivity index (χ4v) is 1.17. The second-order valence-corrected chi connectivity index (χ2v) is 3.20. The zero-order valence-electron chi connectivity index (χ0n) is 8.54. The minimum atomic E-state index is 0.238. The Morgan fingerprint density at radius 3 is 2.69 bits per heavy atom. The Bertz CT molecular complexity index is 465. The molecule has 0 unspecified atom stereocenters. The van der Waals surface area contributed by atoms with E-state index in [2.05, 4.69) is 15.5 Å². The number of rotatable bonds is 3. The minimum Gasteiger partial charge on any atom is -0.508 e. The molecular formula is C12H11N3O. The standard InChI is InChI=1S/C12H11N3O/c16-12-5-3-11(4-6-12)15-14-9-10-2-1-7-13-8-10/h1-9,15-16H. The van der Waals surface area contributed by atoms with Crippen molar-refractivity contribution in [2.45, 2.75) is 0 Å². The van der Waals surface area contributed by atoms with E-state index in [1.54, 1.807) is 42.9 Å². The van der Waals surface area contributed by atoms with Crippen molar-refractivity contribution in [2.24, 2.45) is 5.10 Å². The van der Waals surface area contributed by atoms with Crippen LogP contribution in [-0.2, 0) is 0 Å². The minimum absolute atomic E-state index is 0.238. The van der Waals surface area contributed by atoms with Crippen LogP contribution >= 0.6 is 0 Å². The summed E-state index contributed by atoms with van der Waals surface area (Å²) < 4.78 is 0. The van der Waals surface area contributed by atoms with Crippen LogP contribution in [0.5, 0.6) is 5.75 Å². The average Bonchev–Trinajstić information content (AvgIpc) is 2.33. The third-order valence-electron chi connectivity index (χ3n) is 1.96. The van der Waals surface area contributed by atoms with Gasteiger partial charge < -0.3 is 5.11 Å². The van der Waals surface area contributed by atoms with Crippen LogP contribution in [0, 0.1) is 0 Å². The van der Waals surface area contributed by atoms with Crippen LogP contribution in [0.25, 0.3) is 0 Å². The highest BCUT2D eigenvalue weighted by Gasteiger charge is 1.89. The summed E-state index contributed by atoms with van der Waals surface area (Å²) in [6, 6.07) is 10.5. The molecule has 0 amide bonds. The van der Waals surface area contributed by atoms with E-state index in [9.17, 15) is 0 Å². The summed E-state index contributed by atoms with van der Waals surface area (Å²) in [7, 11) is 0. The number of pyridine rings is 1. The predicted molar refractivity (Wildman–Crippen MR) is 63.6 cm³/mol. The molecule has 80 valence electrons. The molecule has 0 fully saturated rings. The second-order valence-electron chi connectivity index (χ2n) is 3.20. The van der Waals surface area contributed by atoms with Crippen LogP contribution in [0.3, 0.4) is 0 Å². The first-order chi connectivity index (χ1) is 7.84. The van der Waals surface area contributed by atoms with Crippen LogP contribution < -0.4 is 5.43 Å². The van der Waals surface area contributed by atoms with Crippen LogP contribution in [0.4, 0.5) is 5.69 Å². The number of aromatic nitrogens is 1. The van der Waals surface area contributed by atoms with E-state index in [4.69, 9.17) is 5.11 Å². The van der Waals surface area contributed by atoms with Crippen molar-refractivity contribution in [2.75, 3.05) is 5.43 Å². The van der Waals surface area contributed by atoms with Crippen molar-refractivity contribution in [1.29, 1.82) is 0 Å². The molecule has 4 heteroatoms. The zero-order chi connectivity index (χ0) is 11.2. The molecule has 0 spiro atoms. The number of hydrogen-bond acceptors (Lipinski definition) is 4. The third kappa shape index (κ3) is 2.81. The quantitative estimate of drug-likeness (QED) is 0.467. The lowest BCUT2D eigenvalue weighted by atomic mass is 10.3. The highest BCUT2D eigenvalue weighted by Crippen LogP contribution is 2.13. The maximum Gasteiger partial charge on any atom is 0.115 e. The van der Waals surface area contributed by atoms with Gasteiger partial charge in [-0.05, 0) is 30.3 Å². The number of phenols is 1. The van der Waals surface area contributed by atoms with Crippen LogP contribution in [0.1, 0.15) is 5.56 Å². The first-order valence-corrected chi connectivity index (χ1v) is 4.83. The van der Waals surface area contributed by atoms with Gasteiger partial charge in [-0.1, -0.05) is 6.07 Å². The maximum atomic E-state index is 9.09. The SMILES string of the molecule is Oc1ccc(NN=Cc2cccnc2)cc1. The van der Waals surface area contributed by atoms with Gasteiger partial charge in [0.2, 0.25) is 0 Å². The largest absolute Gasteiger partial charge is 0.508 e. The number of aromatic hydroxyl groups is 1. The van der Waals surface area contributed by atoms with Crippen molar-refractivity contribution in [3.8, 4) is 5.75 Å². The zero-order valence-corrected chi connectivity index (χ0v) is 8.54. The lowest BCUT2D eigenvalue weighted by Crippen LogP contribution is -1.90. The van der Waals surface area contributed by atoms with Crippen molar-refractivity contribution in [3.05, 3.63) is 54.4 Å². The number of nitrogens with one attached hydrogen (secondary N) is 1. The van der Waals surface area contributed by atoms with E-state index in [1.807, 2.05) is 12.1 Å². The monoisotopic (exact) mass is 213 g/mol. The average molecular weight is 213 g/mol. The molecule has 4 nitrogen and oxygen atoms in total. The molecule has 1 aromatic heterocycles. The Hall–Kier alpha value is -2.36. The molecule has 0 aliphatic rings. The number of nitrogens with zero attached hydrogens (tertiary/aromatic N) is 2. The summed E-state index contributed by atoms with van der Waals surface area (Å²) in [5.74, 6) is 0.238. The Balaban J connectivity index is 1.97. The third-order valence-corrected chi connectivity index (χ3v) is 1.96. The van der Waals surface area contributed by atoms with E-state index in [0.717, 1.165) is 11.3 Å². The lowest BCUT2D eigenvalue weighted by Gasteiger charge is -1.99. The first kappa shape index (κ1) is 10.2.